The first kappa shape index (κ1) is 36.3. The average molecular weight is 678 g/mol. The number of hydrazone groups is 1. The lowest BCUT2D eigenvalue weighted by Gasteiger charge is -2.31. The lowest BCUT2D eigenvalue weighted by molar-refractivity contribution is -0.123. The Hall–Kier alpha value is -4.98. The molecule has 0 bridgehead atoms. The summed E-state index contributed by atoms with van der Waals surface area (Å²) in [5.41, 5.74) is 4.55. The maximum absolute atomic E-state index is 14.4. The molecule has 0 radical (unpaired) electrons. The Morgan fingerprint density at radius 1 is 0.900 bits per heavy atom. The molecule has 4 aromatic rings. The summed E-state index contributed by atoms with van der Waals surface area (Å²) in [6.07, 6.45) is 0.352. The zero-order chi connectivity index (χ0) is 36.2. The molecule has 7 nitrogen and oxygen atoms in total. The molecule has 1 aliphatic heterocycles. The number of nitrogens with one attached hydrogen (secondary N) is 1. The van der Waals surface area contributed by atoms with E-state index in [1.54, 1.807) is 48.5 Å². The predicted molar refractivity (Wildman–Crippen MR) is 199 cm³/mol. The molecular weight excluding hydrogens is 629 g/mol. The van der Waals surface area contributed by atoms with Gasteiger partial charge in [0.05, 0.1) is 11.4 Å². The van der Waals surface area contributed by atoms with Crippen LogP contribution in [0.15, 0.2) is 96.1 Å². The van der Waals surface area contributed by atoms with E-state index in [0.29, 0.717) is 34.9 Å². The highest BCUT2D eigenvalue weighted by atomic mass is 19.1. The molecule has 0 aromatic heterocycles. The van der Waals surface area contributed by atoms with E-state index in [4.69, 9.17) is 9.47 Å². The summed E-state index contributed by atoms with van der Waals surface area (Å²) in [6.45, 7) is 17.1. The summed E-state index contributed by atoms with van der Waals surface area (Å²) in [6, 6.07) is 26.5. The van der Waals surface area contributed by atoms with Crippen LogP contribution < -0.4 is 19.8 Å². The molecule has 8 heteroatoms. The SMILES string of the molecule is CCC(Oc1ccc(C(C)(C)CC)cc1C(C)(C)CC)C(=O)Nc1ccccc1N1N=C(c2cccc(F)c2)C(Oc2ccc(C)cc2)C1=O. The maximum atomic E-state index is 14.4. The van der Waals surface area contributed by atoms with Gasteiger partial charge < -0.3 is 14.8 Å². The Balaban J connectivity index is 1.45. The molecular formula is C42H48FN3O4. The van der Waals surface area contributed by atoms with Crippen LogP contribution in [0.3, 0.4) is 0 Å². The van der Waals surface area contributed by atoms with Crippen LogP contribution in [-0.4, -0.2) is 29.7 Å². The monoisotopic (exact) mass is 677 g/mol. The zero-order valence-electron chi connectivity index (χ0n) is 30.3. The smallest absolute Gasteiger partial charge is 0.294 e. The van der Waals surface area contributed by atoms with E-state index in [9.17, 15) is 14.0 Å². The first-order chi connectivity index (χ1) is 23.8. The first-order valence-electron chi connectivity index (χ1n) is 17.4. The summed E-state index contributed by atoms with van der Waals surface area (Å²) in [5.74, 6) is -0.139. The molecule has 262 valence electrons. The van der Waals surface area contributed by atoms with Crippen molar-refractivity contribution in [3.8, 4) is 11.5 Å². The van der Waals surface area contributed by atoms with Crippen molar-refractivity contribution in [3.63, 3.8) is 0 Å². The normalized spacial score (nSPS) is 15.5. The largest absolute Gasteiger partial charge is 0.480 e. The van der Waals surface area contributed by atoms with Crippen molar-refractivity contribution in [3.05, 3.63) is 119 Å². The van der Waals surface area contributed by atoms with Gasteiger partial charge in [-0.05, 0) is 85.0 Å². The number of para-hydroxylation sites is 2. The highest BCUT2D eigenvalue weighted by Gasteiger charge is 2.41. The summed E-state index contributed by atoms with van der Waals surface area (Å²) in [5, 5.41) is 8.87. The van der Waals surface area contributed by atoms with Gasteiger partial charge in [0, 0.05) is 11.1 Å². The van der Waals surface area contributed by atoms with Gasteiger partial charge >= 0.3 is 0 Å². The number of benzene rings is 4. The summed E-state index contributed by atoms with van der Waals surface area (Å²) < 4.78 is 27.0. The van der Waals surface area contributed by atoms with Gasteiger partial charge in [0.25, 0.3) is 11.8 Å². The molecule has 0 fully saturated rings. The van der Waals surface area contributed by atoms with Gasteiger partial charge in [-0.1, -0.05) is 103 Å². The average Bonchev–Trinajstić information content (AvgIpc) is 3.43. The highest BCUT2D eigenvalue weighted by molar-refractivity contribution is 6.24. The number of halogens is 1. The van der Waals surface area contributed by atoms with E-state index in [1.165, 1.54) is 22.7 Å². The van der Waals surface area contributed by atoms with Crippen LogP contribution in [0.25, 0.3) is 0 Å². The number of ether oxygens (including phenoxy) is 2. The fourth-order valence-corrected chi connectivity index (χ4v) is 5.76. The zero-order valence-corrected chi connectivity index (χ0v) is 30.3. The summed E-state index contributed by atoms with van der Waals surface area (Å²) >= 11 is 0. The van der Waals surface area contributed by atoms with Crippen LogP contribution in [-0.2, 0) is 20.4 Å². The predicted octanol–water partition coefficient (Wildman–Crippen LogP) is 9.50. The number of aryl methyl sites for hydroxylation is 1. The molecule has 0 aliphatic carbocycles. The standard InChI is InChI=1S/C42H48FN3O4/c1-9-35(50-36-24-21-29(41(5,6)10-2)26-32(36)42(7,8)11-3)39(47)44-33-17-12-13-18-34(33)46-40(48)38(49-31-22-19-27(4)20-23-31)37(45-46)28-15-14-16-30(43)25-28/h12-26,35,38H,9-11H2,1-8H3,(H,44,47). The molecule has 1 aliphatic rings. The second-order valence-electron chi connectivity index (χ2n) is 14.2. The molecule has 5 rings (SSSR count). The second kappa shape index (κ2) is 14.9. The fourth-order valence-electron chi connectivity index (χ4n) is 5.76. The number of rotatable bonds is 13. The topological polar surface area (TPSA) is 80.2 Å². The van der Waals surface area contributed by atoms with Crippen molar-refractivity contribution >= 4 is 28.9 Å². The van der Waals surface area contributed by atoms with Crippen LogP contribution in [0.4, 0.5) is 15.8 Å². The third-order valence-electron chi connectivity index (χ3n) is 9.86. The van der Waals surface area contributed by atoms with E-state index >= 15 is 0 Å². The van der Waals surface area contributed by atoms with Crippen LogP contribution in [0.2, 0.25) is 0 Å². The van der Waals surface area contributed by atoms with Crippen molar-refractivity contribution in [2.45, 2.75) is 97.7 Å². The van der Waals surface area contributed by atoms with Gasteiger partial charge in [0.15, 0.2) is 6.10 Å². The molecule has 1 N–H and O–H groups in total. The lowest BCUT2D eigenvalue weighted by atomic mass is 9.76. The number of anilines is 2. The third kappa shape index (κ3) is 7.75. The van der Waals surface area contributed by atoms with E-state index in [0.717, 1.165) is 24.0 Å². The Morgan fingerprint density at radius 3 is 2.26 bits per heavy atom. The van der Waals surface area contributed by atoms with Gasteiger partial charge in [0.2, 0.25) is 6.10 Å². The van der Waals surface area contributed by atoms with Crippen LogP contribution in [0, 0.1) is 12.7 Å². The van der Waals surface area contributed by atoms with Gasteiger partial charge in [-0.15, -0.1) is 0 Å². The Bertz CT molecular complexity index is 1880. The second-order valence-corrected chi connectivity index (χ2v) is 14.2. The van der Waals surface area contributed by atoms with Gasteiger partial charge in [0.1, 0.15) is 23.0 Å². The van der Waals surface area contributed by atoms with Crippen LogP contribution in [0.5, 0.6) is 11.5 Å². The van der Waals surface area contributed by atoms with E-state index in [2.05, 4.69) is 64.1 Å². The number of nitrogens with zero attached hydrogens (tertiary/aromatic N) is 2. The minimum absolute atomic E-state index is 0.00342. The van der Waals surface area contributed by atoms with Crippen molar-refractivity contribution in [1.82, 2.24) is 0 Å². The molecule has 1 heterocycles. The maximum Gasteiger partial charge on any atom is 0.294 e. The molecule has 0 saturated carbocycles. The first-order valence-corrected chi connectivity index (χ1v) is 17.4. The quantitative estimate of drug-likeness (QED) is 0.153. The fraction of sp³-hybridized carbons (Fsp3) is 0.357. The lowest BCUT2D eigenvalue weighted by Crippen LogP contribution is -2.37. The molecule has 4 aromatic carbocycles. The van der Waals surface area contributed by atoms with E-state index < -0.39 is 23.9 Å². The van der Waals surface area contributed by atoms with Crippen molar-refractivity contribution in [2.75, 3.05) is 10.3 Å². The Kier molecular flexibility index (Phi) is 10.8. The molecule has 0 spiro atoms. The van der Waals surface area contributed by atoms with Crippen molar-refractivity contribution in [2.24, 2.45) is 5.10 Å². The number of hydrogen-bond donors (Lipinski definition) is 1. The minimum Gasteiger partial charge on any atom is -0.480 e. The minimum atomic E-state index is -1.14. The van der Waals surface area contributed by atoms with Crippen LogP contribution in [0.1, 0.15) is 90.0 Å². The third-order valence-corrected chi connectivity index (χ3v) is 9.86. The number of carbonyl (C=O) groups excluding carboxylic acids is 2. The molecule has 0 saturated heterocycles. The Labute approximate surface area is 295 Å². The van der Waals surface area contributed by atoms with Crippen molar-refractivity contribution in [1.29, 1.82) is 0 Å². The molecule has 50 heavy (non-hydrogen) atoms. The summed E-state index contributed by atoms with van der Waals surface area (Å²) in [7, 11) is 0. The summed E-state index contributed by atoms with van der Waals surface area (Å²) in [4.78, 5) is 28.0. The molecule has 2 atom stereocenters. The van der Waals surface area contributed by atoms with Crippen molar-refractivity contribution < 1.29 is 23.5 Å². The van der Waals surface area contributed by atoms with E-state index in [-0.39, 0.29) is 22.4 Å². The van der Waals surface area contributed by atoms with E-state index in [1.807, 2.05) is 32.0 Å². The highest BCUT2D eigenvalue weighted by Crippen LogP contribution is 2.39. The molecule has 2 amide bonds. The number of amides is 2. The van der Waals surface area contributed by atoms with Gasteiger partial charge in [-0.2, -0.15) is 10.1 Å². The van der Waals surface area contributed by atoms with Crippen LogP contribution >= 0.6 is 0 Å². The Morgan fingerprint density at radius 2 is 1.60 bits per heavy atom. The molecule has 2 unspecified atom stereocenters. The van der Waals surface area contributed by atoms with Gasteiger partial charge in [-0.25, -0.2) is 4.39 Å². The van der Waals surface area contributed by atoms with Gasteiger partial charge in [-0.3, -0.25) is 9.59 Å². The number of hydrogen-bond acceptors (Lipinski definition) is 5. The number of carbonyl (C=O) groups is 2.